The molecular weight excluding hydrogens is 238 g/mol. The predicted molar refractivity (Wildman–Crippen MR) is 79.3 cm³/mol. The minimum Gasteiger partial charge on any atom is -0.346 e. The van der Waals surface area contributed by atoms with Gasteiger partial charge in [0.25, 0.3) is 0 Å². The highest BCUT2D eigenvalue weighted by atomic mass is 32.1. The lowest BCUT2D eigenvalue weighted by Gasteiger charge is -2.08. The normalized spacial score (nSPS) is 10.7. The molecule has 1 heterocycles. The molecule has 0 saturated heterocycles. The number of aryl methyl sites for hydroxylation is 1. The second kappa shape index (κ2) is 4.39. The van der Waals surface area contributed by atoms with Crippen molar-refractivity contribution in [3.8, 4) is 11.1 Å². The van der Waals surface area contributed by atoms with Gasteiger partial charge >= 0.3 is 0 Å². The molecule has 0 fully saturated rings. The van der Waals surface area contributed by atoms with Crippen molar-refractivity contribution >= 4 is 23.1 Å². The zero-order valence-electron chi connectivity index (χ0n) is 10.1. The smallest absolute Gasteiger partial charge is 0.104 e. The van der Waals surface area contributed by atoms with E-state index in [1.807, 2.05) is 12.1 Å². The molecule has 0 radical (unpaired) electrons. The van der Waals surface area contributed by atoms with Gasteiger partial charge in [-0.1, -0.05) is 54.2 Å². The van der Waals surface area contributed by atoms with Gasteiger partial charge in [-0.2, -0.15) is 0 Å². The van der Waals surface area contributed by atoms with Gasteiger partial charge in [0.15, 0.2) is 0 Å². The van der Waals surface area contributed by atoms with Crippen molar-refractivity contribution in [2.24, 2.45) is 0 Å². The van der Waals surface area contributed by atoms with E-state index in [0.717, 1.165) is 10.2 Å². The van der Waals surface area contributed by atoms with Crippen molar-refractivity contribution < 1.29 is 0 Å². The quantitative estimate of drug-likeness (QED) is 0.610. The lowest BCUT2D eigenvalue weighted by Crippen LogP contribution is -1.86. The van der Waals surface area contributed by atoms with Crippen LogP contribution in [0.25, 0.3) is 22.0 Å². The monoisotopic (exact) mass is 251 g/mol. The second-order valence-corrected chi connectivity index (χ2v) is 4.90. The van der Waals surface area contributed by atoms with Crippen LogP contribution in [0.1, 0.15) is 5.56 Å². The van der Waals surface area contributed by atoms with Crippen LogP contribution in [0.4, 0.5) is 0 Å². The highest BCUT2D eigenvalue weighted by molar-refractivity contribution is 7.71. The number of H-pyrrole nitrogens is 1. The Bertz CT molecular complexity index is 757. The summed E-state index contributed by atoms with van der Waals surface area (Å²) in [6, 6.07) is 18.8. The molecule has 0 saturated carbocycles. The van der Waals surface area contributed by atoms with Gasteiger partial charge in [0, 0.05) is 10.9 Å². The third kappa shape index (κ3) is 1.95. The summed E-state index contributed by atoms with van der Waals surface area (Å²) in [6.07, 6.45) is 0. The molecular formula is C16H13NS. The van der Waals surface area contributed by atoms with Crippen LogP contribution in [-0.2, 0) is 0 Å². The molecule has 2 heteroatoms. The number of rotatable bonds is 1. The fourth-order valence-corrected chi connectivity index (χ4v) is 2.45. The molecule has 0 aliphatic rings. The van der Waals surface area contributed by atoms with E-state index >= 15 is 0 Å². The molecule has 0 aliphatic carbocycles. The lowest BCUT2D eigenvalue weighted by molar-refractivity contribution is 1.36. The molecule has 1 N–H and O–H groups in total. The Morgan fingerprint density at radius 3 is 2.50 bits per heavy atom. The maximum atomic E-state index is 5.30. The Labute approximate surface area is 111 Å². The highest BCUT2D eigenvalue weighted by Crippen LogP contribution is 2.28. The number of hydrogen-bond acceptors (Lipinski definition) is 1. The van der Waals surface area contributed by atoms with Gasteiger partial charge in [-0.05, 0) is 36.2 Å². The van der Waals surface area contributed by atoms with Gasteiger partial charge in [-0.15, -0.1) is 0 Å². The van der Waals surface area contributed by atoms with E-state index in [1.165, 1.54) is 22.1 Å². The van der Waals surface area contributed by atoms with Crippen LogP contribution in [0.2, 0.25) is 0 Å². The average Bonchev–Trinajstić information content (AvgIpc) is 2.39. The Balaban J connectivity index is 2.41. The summed E-state index contributed by atoms with van der Waals surface area (Å²) in [5, 5.41) is 1.22. The number of aromatic nitrogens is 1. The van der Waals surface area contributed by atoms with E-state index in [-0.39, 0.29) is 0 Å². The van der Waals surface area contributed by atoms with Crippen molar-refractivity contribution in [2.45, 2.75) is 6.92 Å². The molecule has 18 heavy (non-hydrogen) atoms. The number of hydrogen-bond donors (Lipinski definition) is 1. The number of nitrogens with one attached hydrogen (secondary N) is 1. The first-order chi connectivity index (χ1) is 8.74. The molecule has 3 rings (SSSR count). The fourth-order valence-electron chi connectivity index (χ4n) is 2.22. The summed E-state index contributed by atoms with van der Waals surface area (Å²) in [7, 11) is 0. The van der Waals surface area contributed by atoms with Gasteiger partial charge in [-0.25, -0.2) is 0 Å². The Morgan fingerprint density at radius 1 is 0.944 bits per heavy atom. The lowest BCUT2D eigenvalue weighted by atomic mass is 10.0. The van der Waals surface area contributed by atoms with Crippen molar-refractivity contribution in [3.05, 3.63) is 64.8 Å². The SMILES string of the molecule is Cc1ccc2[nH]c(=S)cc(-c3ccccc3)c2c1. The van der Waals surface area contributed by atoms with Crippen molar-refractivity contribution in [2.75, 3.05) is 0 Å². The summed E-state index contributed by atoms with van der Waals surface area (Å²) in [4.78, 5) is 3.24. The number of fused-ring (bicyclic) bond motifs is 1. The molecule has 0 bridgehead atoms. The first-order valence-corrected chi connectivity index (χ1v) is 6.34. The third-order valence-corrected chi connectivity index (χ3v) is 3.30. The van der Waals surface area contributed by atoms with Crippen LogP contribution >= 0.6 is 12.2 Å². The van der Waals surface area contributed by atoms with E-state index in [1.54, 1.807) is 0 Å². The van der Waals surface area contributed by atoms with Crippen LogP contribution in [0.15, 0.2) is 54.6 Å². The predicted octanol–water partition coefficient (Wildman–Crippen LogP) is 4.87. The molecule has 0 atom stereocenters. The van der Waals surface area contributed by atoms with Crippen LogP contribution in [-0.4, -0.2) is 4.98 Å². The first-order valence-electron chi connectivity index (χ1n) is 5.93. The number of aromatic amines is 1. The highest BCUT2D eigenvalue weighted by Gasteiger charge is 2.04. The first kappa shape index (κ1) is 11.2. The Kier molecular flexibility index (Phi) is 2.73. The summed E-state index contributed by atoms with van der Waals surface area (Å²) in [5.41, 5.74) is 4.74. The zero-order valence-corrected chi connectivity index (χ0v) is 10.9. The van der Waals surface area contributed by atoms with Crippen LogP contribution in [0, 0.1) is 11.6 Å². The van der Waals surface area contributed by atoms with Crippen molar-refractivity contribution in [1.82, 2.24) is 4.98 Å². The van der Waals surface area contributed by atoms with Crippen LogP contribution in [0.5, 0.6) is 0 Å². The number of benzene rings is 2. The third-order valence-electron chi connectivity index (χ3n) is 3.08. The molecule has 2 aromatic carbocycles. The minimum atomic E-state index is 0.769. The largest absolute Gasteiger partial charge is 0.346 e. The van der Waals surface area contributed by atoms with E-state index in [4.69, 9.17) is 12.2 Å². The maximum absolute atomic E-state index is 5.30. The Morgan fingerprint density at radius 2 is 1.72 bits per heavy atom. The fraction of sp³-hybridized carbons (Fsp3) is 0.0625. The van der Waals surface area contributed by atoms with Crippen molar-refractivity contribution in [3.63, 3.8) is 0 Å². The molecule has 0 unspecified atom stereocenters. The summed E-state index contributed by atoms with van der Waals surface area (Å²) in [6.45, 7) is 2.11. The zero-order chi connectivity index (χ0) is 12.5. The van der Waals surface area contributed by atoms with E-state index in [2.05, 4.69) is 54.4 Å². The van der Waals surface area contributed by atoms with Crippen molar-refractivity contribution in [1.29, 1.82) is 0 Å². The van der Waals surface area contributed by atoms with E-state index in [9.17, 15) is 0 Å². The van der Waals surface area contributed by atoms with E-state index in [0.29, 0.717) is 0 Å². The molecule has 1 nitrogen and oxygen atoms in total. The van der Waals surface area contributed by atoms with Gasteiger partial charge < -0.3 is 4.98 Å². The molecule has 0 spiro atoms. The molecule has 0 amide bonds. The van der Waals surface area contributed by atoms with Gasteiger partial charge in [0.05, 0.1) is 0 Å². The summed E-state index contributed by atoms with van der Waals surface area (Å²) >= 11 is 5.30. The number of pyridine rings is 1. The molecule has 0 aliphatic heterocycles. The minimum absolute atomic E-state index is 0.769. The summed E-state index contributed by atoms with van der Waals surface area (Å²) < 4.78 is 0.769. The average molecular weight is 251 g/mol. The maximum Gasteiger partial charge on any atom is 0.104 e. The Hall–Kier alpha value is -1.93. The van der Waals surface area contributed by atoms with E-state index < -0.39 is 0 Å². The van der Waals surface area contributed by atoms with Gasteiger partial charge in [0.1, 0.15) is 4.64 Å². The van der Waals surface area contributed by atoms with Crippen LogP contribution < -0.4 is 0 Å². The van der Waals surface area contributed by atoms with Crippen LogP contribution in [0.3, 0.4) is 0 Å². The molecule has 1 aromatic heterocycles. The molecule has 3 aromatic rings. The molecule has 88 valence electrons. The topological polar surface area (TPSA) is 15.8 Å². The second-order valence-electron chi connectivity index (χ2n) is 4.46. The standard InChI is InChI=1S/C16H13NS/c1-11-7-8-15-14(9-11)13(10-16(18)17-15)12-5-3-2-4-6-12/h2-10H,1H3,(H,17,18). The van der Waals surface area contributed by atoms with Gasteiger partial charge in [-0.3, -0.25) is 0 Å². The summed E-state index contributed by atoms with van der Waals surface area (Å²) in [5.74, 6) is 0. The van der Waals surface area contributed by atoms with Gasteiger partial charge in [0.2, 0.25) is 0 Å².